The largest absolute Gasteiger partial charge is 0.490 e. The van der Waals surface area contributed by atoms with Crippen molar-refractivity contribution in [2.45, 2.75) is 26.9 Å². The molecule has 0 unspecified atom stereocenters. The first-order valence-corrected chi connectivity index (χ1v) is 12.3. The Bertz CT molecular complexity index is 1360. The van der Waals surface area contributed by atoms with Crippen molar-refractivity contribution in [3.8, 4) is 5.75 Å². The molecule has 0 saturated heterocycles. The van der Waals surface area contributed by atoms with E-state index in [0.717, 1.165) is 20.9 Å². The maximum absolute atomic E-state index is 13.4. The summed E-state index contributed by atoms with van der Waals surface area (Å²) in [6.07, 6.45) is -0.0590. The number of hydrogen-bond donors (Lipinski definition) is 1. The second-order valence-electron chi connectivity index (χ2n) is 8.39. The van der Waals surface area contributed by atoms with Gasteiger partial charge in [-0.25, -0.2) is 0 Å². The van der Waals surface area contributed by atoms with Crippen LogP contribution < -0.4 is 15.0 Å². The zero-order valence-corrected chi connectivity index (χ0v) is 21.5. The number of ether oxygens (including phenoxy) is 1. The fourth-order valence-corrected chi connectivity index (χ4v) is 4.31. The van der Waals surface area contributed by atoms with Gasteiger partial charge in [0, 0.05) is 27.7 Å². The van der Waals surface area contributed by atoms with E-state index >= 15 is 0 Å². The van der Waals surface area contributed by atoms with E-state index in [9.17, 15) is 9.59 Å². The first kappa shape index (κ1) is 24.5. The van der Waals surface area contributed by atoms with Crippen LogP contribution in [0.15, 0.2) is 89.4 Å². The van der Waals surface area contributed by atoms with Crippen LogP contribution in [-0.4, -0.2) is 24.5 Å². The Hall–Kier alpha value is -3.64. The van der Waals surface area contributed by atoms with Crippen LogP contribution in [0.2, 0.25) is 0 Å². The number of nitrogens with one attached hydrogen (secondary N) is 1. The lowest BCUT2D eigenvalue weighted by molar-refractivity contribution is 0.0987. The molecule has 0 heterocycles. The molecule has 0 aliphatic rings. The molecule has 4 rings (SSSR count). The summed E-state index contributed by atoms with van der Waals surface area (Å²) in [7, 11) is 0. The second-order valence-corrected chi connectivity index (χ2v) is 9.30. The van der Waals surface area contributed by atoms with Crippen molar-refractivity contribution in [3.05, 3.63) is 101 Å². The molecule has 35 heavy (non-hydrogen) atoms. The quantitative estimate of drug-likeness (QED) is 0.272. The predicted octanol–water partition coefficient (Wildman–Crippen LogP) is 7.31. The highest BCUT2D eigenvalue weighted by molar-refractivity contribution is 9.10. The molecule has 0 bridgehead atoms. The summed E-state index contributed by atoms with van der Waals surface area (Å²) < 4.78 is 6.57. The summed E-state index contributed by atoms with van der Waals surface area (Å²) in [5, 5.41) is 5.02. The number of fused-ring (bicyclic) bond motifs is 1. The highest BCUT2D eigenvalue weighted by Gasteiger charge is 2.19. The zero-order valence-electron chi connectivity index (χ0n) is 19.9. The number of halogens is 1. The van der Waals surface area contributed by atoms with E-state index in [1.54, 1.807) is 41.3 Å². The van der Waals surface area contributed by atoms with Gasteiger partial charge in [-0.1, -0.05) is 52.3 Å². The fraction of sp³-hybridized carbons (Fsp3) is 0.172. The van der Waals surface area contributed by atoms with Crippen molar-refractivity contribution in [2.24, 2.45) is 0 Å². The molecule has 178 valence electrons. The van der Waals surface area contributed by atoms with E-state index < -0.39 is 0 Å². The highest BCUT2D eigenvalue weighted by atomic mass is 79.9. The monoisotopic (exact) mass is 530 g/mol. The van der Waals surface area contributed by atoms with E-state index in [1.807, 2.05) is 69.3 Å². The Morgan fingerprint density at radius 1 is 0.943 bits per heavy atom. The van der Waals surface area contributed by atoms with Crippen molar-refractivity contribution >= 4 is 49.9 Å². The minimum atomic E-state index is -0.285. The zero-order chi connectivity index (χ0) is 24.9. The Balaban J connectivity index is 1.54. The normalized spacial score (nSPS) is 10.9. The minimum Gasteiger partial charge on any atom is -0.490 e. The summed E-state index contributed by atoms with van der Waals surface area (Å²) in [6, 6.07) is 26.3. The number of carbonyl (C=O) groups is 2. The lowest BCUT2D eigenvalue weighted by Gasteiger charge is -2.23. The van der Waals surface area contributed by atoms with Gasteiger partial charge in [-0.3, -0.25) is 9.59 Å². The van der Waals surface area contributed by atoms with E-state index in [0.29, 0.717) is 29.1 Å². The SMILES string of the molecule is CCN(C(=O)c1ccc(NC(=O)c2cc(Br)ccc2OC(C)C)cc1)c1cccc2ccccc12. The van der Waals surface area contributed by atoms with Crippen molar-refractivity contribution in [1.29, 1.82) is 0 Å². The summed E-state index contributed by atoms with van der Waals surface area (Å²) in [5.74, 6) is 0.134. The molecule has 4 aromatic carbocycles. The molecule has 0 aliphatic heterocycles. The number of nitrogens with zero attached hydrogens (tertiary/aromatic N) is 1. The van der Waals surface area contributed by atoms with Gasteiger partial charge >= 0.3 is 0 Å². The molecule has 4 aromatic rings. The average molecular weight is 531 g/mol. The molecule has 0 saturated carbocycles. The van der Waals surface area contributed by atoms with Crippen molar-refractivity contribution in [3.63, 3.8) is 0 Å². The number of amides is 2. The van der Waals surface area contributed by atoms with Crippen LogP contribution in [-0.2, 0) is 0 Å². The lowest BCUT2D eigenvalue weighted by Crippen LogP contribution is -2.30. The van der Waals surface area contributed by atoms with Crippen molar-refractivity contribution in [2.75, 3.05) is 16.8 Å². The first-order valence-electron chi connectivity index (χ1n) is 11.5. The molecule has 0 spiro atoms. The van der Waals surface area contributed by atoms with Gasteiger partial charge in [0.25, 0.3) is 11.8 Å². The average Bonchev–Trinajstić information content (AvgIpc) is 2.86. The molecule has 0 aromatic heterocycles. The maximum Gasteiger partial charge on any atom is 0.259 e. The summed E-state index contributed by atoms with van der Waals surface area (Å²) in [4.78, 5) is 28.1. The number of rotatable bonds is 7. The van der Waals surface area contributed by atoms with Crippen molar-refractivity contribution < 1.29 is 14.3 Å². The van der Waals surface area contributed by atoms with E-state index in [4.69, 9.17) is 4.74 Å². The van der Waals surface area contributed by atoms with Gasteiger partial charge in [-0.2, -0.15) is 0 Å². The number of benzene rings is 4. The van der Waals surface area contributed by atoms with E-state index in [2.05, 4.69) is 21.2 Å². The van der Waals surface area contributed by atoms with Gasteiger partial charge in [-0.15, -0.1) is 0 Å². The third-order valence-corrected chi connectivity index (χ3v) is 6.05. The van der Waals surface area contributed by atoms with Crippen LogP contribution in [0.4, 0.5) is 11.4 Å². The van der Waals surface area contributed by atoms with Crippen LogP contribution in [0.3, 0.4) is 0 Å². The Kier molecular flexibility index (Phi) is 7.51. The minimum absolute atomic E-state index is 0.0590. The molecule has 0 radical (unpaired) electrons. The lowest BCUT2D eigenvalue weighted by atomic mass is 10.1. The summed E-state index contributed by atoms with van der Waals surface area (Å²) >= 11 is 3.42. The van der Waals surface area contributed by atoms with E-state index in [-0.39, 0.29) is 17.9 Å². The molecule has 2 amide bonds. The third kappa shape index (κ3) is 5.54. The first-order chi connectivity index (χ1) is 16.9. The van der Waals surface area contributed by atoms with Crippen LogP contribution >= 0.6 is 15.9 Å². The Labute approximate surface area is 213 Å². The van der Waals surface area contributed by atoms with Gasteiger partial charge in [0.2, 0.25) is 0 Å². The molecule has 0 fully saturated rings. The molecular formula is C29H27BrN2O3. The smallest absolute Gasteiger partial charge is 0.259 e. The fourth-order valence-electron chi connectivity index (χ4n) is 3.95. The Morgan fingerprint density at radius 3 is 2.37 bits per heavy atom. The summed E-state index contributed by atoms with van der Waals surface area (Å²) in [5.41, 5.74) is 2.45. The third-order valence-electron chi connectivity index (χ3n) is 5.56. The van der Waals surface area contributed by atoms with Crippen molar-refractivity contribution in [1.82, 2.24) is 0 Å². The van der Waals surface area contributed by atoms with Gasteiger partial charge in [-0.05, 0) is 74.7 Å². The van der Waals surface area contributed by atoms with Crippen LogP contribution in [0.5, 0.6) is 5.75 Å². The maximum atomic E-state index is 13.4. The van der Waals surface area contributed by atoms with Gasteiger partial charge in [0.1, 0.15) is 5.75 Å². The second kappa shape index (κ2) is 10.7. The molecule has 0 aliphatic carbocycles. The highest BCUT2D eigenvalue weighted by Crippen LogP contribution is 2.29. The molecule has 6 heteroatoms. The van der Waals surface area contributed by atoms with Gasteiger partial charge < -0.3 is 15.0 Å². The topological polar surface area (TPSA) is 58.6 Å². The molecular weight excluding hydrogens is 504 g/mol. The standard InChI is InChI=1S/C29H27BrN2O3/c1-4-32(26-11-7-9-20-8-5-6-10-24(20)26)29(34)21-12-15-23(16-13-21)31-28(33)25-18-22(30)14-17-27(25)35-19(2)3/h5-19H,4H2,1-3H3,(H,31,33). The number of carbonyl (C=O) groups excluding carboxylic acids is 2. The van der Waals surface area contributed by atoms with E-state index in [1.165, 1.54) is 0 Å². The molecule has 1 N–H and O–H groups in total. The van der Waals surface area contributed by atoms with Crippen LogP contribution in [0.25, 0.3) is 10.8 Å². The van der Waals surface area contributed by atoms with Crippen LogP contribution in [0.1, 0.15) is 41.5 Å². The number of anilines is 2. The van der Waals surface area contributed by atoms with Gasteiger partial charge in [0.05, 0.1) is 17.4 Å². The molecule has 5 nitrogen and oxygen atoms in total. The Morgan fingerprint density at radius 2 is 1.66 bits per heavy atom. The van der Waals surface area contributed by atoms with Gasteiger partial charge in [0.15, 0.2) is 0 Å². The van der Waals surface area contributed by atoms with Crippen LogP contribution in [0, 0.1) is 0 Å². The predicted molar refractivity (Wildman–Crippen MR) is 146 cm³/mol. The summed E-state index contributed by atoms with van der Waals surface area (Å²) in [6.45, 7) is 6.32. The molecule has 0 atom stereocenters. The number of hydrogen-bond acceptors (Lipinski definition) is 3.